The maximum Gasteiger partial charge on any atom is 0.138 e. The zero-order valence-corrected chi connectivity index (χ0v) is 17.9. The van der Waals surface area contributed by atoms with Crippen molar-refractivity contribution < 1.29 is 0 Å². The number of pyridine rings is 2. The summed E-state index contributed by atoms with van der Waals surface area (Å²) in [6, 6.07) is 31.9. The Hall–Kier alpha value is -4.02. The second-order valence-corrected chi connectivity index (χ2v) is 8.96. The lowest BCUT2D eigenvalue weighted by Gasteiger charge is -2.09. The molecule has 0 amide bonds. The van der Waals surface area contributed by atoms with Crippen molar-refractivity contribution >= 4 is 53.4 Å². The molecule has 0 unspecified atom stereocenters. The Morgan fingerprint density at radius 1 is 0.625 bits per heavy atom. The molecule has 0 aliphatic rings. The van der Waals surface area contributed by atoms with E-state index in [0.29, 0.717) is 0 Å². The summed E-state index contributed by atoms with van der Waals surface area (Å²) in [6.07, 6.45) is 3.77. The fourth-order valence-corrected chi connectivity index (χ4v) is 5.94. The molecule has 4 heterocycles. The van der Waals surface area contributed by atoms with E-state index in [4.69, 9.17) is 9.97 Å². The van der Waals surface area contributed by atoms with Crippen LogP contribution in [0.4, 0.5) is 0 Å². The van der Waals surface area contributed by atoms with Crippen LogP contribution in [0, 0.1) is 0 Å². The van der Waals surface area contributed by atoms with Gasteiger partial charge in [0, 0.05) is 38.0 Å². The molecule has 0 radical (unpaired) electrons. The van der Waals surface area contributed by atoms with E-state index in [0.717, 1.165) is 27.9 Å². The molecule has 0 aliphatic carbocycles. The van der Waals surface area contributed by atoms with Crippen molar-refractivity contribution in [1.82, 2.24) is 14.5 Å². The molecule has 0 saturated heterocycles. The molecule has 0 fully saturated rings. The lowest BCUT2D eigenvalue weighted by molar-refractivity contribution is 1.08. The normalized spacial score (nSPS) is 11.8. The summed E-state index contributed by atoms with van der Waals surface area (Å²) in [7, 11) is 0. The fourth-order valence-electron chi connectivity index (χ4n) is 4.69. The molecule has 4 aromatic heterocycles. The van der Waals surface area contributed by atoms with Gasteiger partial charge in [0.2, 0.25) is 0 Å². The largest absolute Gasteiger partial charge is 0.292 e. The van der Waals surface area contributed by atoms with Crippen molar-refractivity contribution in [2.24, 2.45) is 0 Å². The van der Waals surface area contributed by atoms with Crippen LogP contribution in [-0.4, -0.2) is 14.5 Å². The highest BCUT2D eigenvalue weighted by atomic mass is 32.1. The molecule has 0 spiro atoms. The Morgan fingerprint density at radius 3 is 2.44 bits per heavy atom. The summed E-state index contributed by atoms with van der Waals surface area (Å²) in [5.41, 5.74) is 5.56. The monoisotopic (exact) mass is 427 g/mol. The van der Waals surface area contributed by atoms with Crippen LogP contribution in [0.1, 0.15) is 0 Å². The van der Waals surface area contributed by atoms with E-state index in [2.05, 4.69) is 83.4 Å². The van der Waals surface area contributed by atoms with Gasteiger partial charge >= 0.3 is 0 Å². The molecule has 0 saturated carbocycles. The van der Waals surface area contributed by atoms with E-state index in [1.54, 1.807) is 0 Å². The van der Waals surface area contributed by atoms with Gasteiger partial charge in [-0.3, -0.25) is 9.55 Å². The third-order valence-electron chi connectivity index (χ3n) is 6.11. The van der Waals surface area contributed by atoms with Crippen molar-refractivity contribution in [2.75, 3.05) is 0 Å². The van der Waals surface area contributed by atoms with E-state index in [1.165, 1.54) is 31.1 Å². The van der Waals surface area contributed by atoms with Gasteiger partial charge in [-0.25, -0.2) is 4.98 Å². The molecule has 0 aliphatic heterocycles. The molecule has 4 heteroatoms. The molecular formula is C28H17N3S. The Kier molecular flexibility index (Phi) is 3.72. The summed E-state index contributed by atoms with van der Waals surface area (Å²) < 4.78 is 4.83. The highest BCUT2D eigenvalue weighted by Crippen LogP contribution is 2.42. The molecule has 150 valence electrons. The topological polar surface area (TPSA) is 30.7 Å². The Bertz CT molecular complexity index is 1780. The first-order chi connectivity index (χ1) is 15.9. The number of hydrogen-bond donors (Lipinski definition) is 0. The van der Waals surface area contributed by atoms with Gasteiger partial charge in [0.15, 0.2) is 0 Å². The van der Waals surface area contributed by atoms with Crippen molar-refractivity contribution in [3.63, 3.8) is 0 Å². The number of aromatic nitrogens is 3. The molecule has 0 N–H and O–H groups in total. The average molecular weight is 428 g/mol. The summed E-state index contributed by atoms with van der Waals surface area (Å²) in [4.78, 5) is 9.58. The quantitative estimate of drug-likeness (QED) is 0.284. The minimum atomic E-state index is 0.903. The van der Waals surface area contributed by atoms with Crippen molar-refractivity contribution in [2.45, 2.75) is 0 Å². The van der Waals surface area contributed by atoms with Gasteiger partial charge in [0.1, 0.15) is 5.82 Å². The zero-order valence-electron chi connectivity index (χ0n) is 17.1. The molecule has 0 bridgehead atoms. The lowest BCUT2D eigenvalue weighted by atomic mass is 10.1. The smallest absolute Gasteiger partial charge is 0.138 e. The fraction of sp³-hybridized carbons (Fsp3) is 0. The first-order valence-corrected chi connectivity index (χ1v) is 11.4. The Balaban J connectivity index is 1.59. The highest BCUT2D eigenvalue weighted by Gasteiger charge is 2.18. The van der Waals surface area contributed by atoms with Gasteiger partial charge in [-0.2, -0.15) is 0 Å². The summed E-state index contributed by atoms with van der Waals surface area (Å²) >= 11 is 1.84. The van der Waals surface area contributed by atoms with E-state index in [-0.39, 0.29) is 0 Å². The SMILES string of the molecule is c1ccc(-c2ccnc(-n3c4cccnc4c4c5sc6ccccc6c5ccc43)c2)cc1. The van der Waals surface area contributed by atoms with E-state index in [9.17, 15) is 0 Å². The van der Waals surface area contributed by atoms with Crippen molar-refractivity contribution in [3.05, 3.63) is 103 Å². The molecular weight excluding hydrogens is 410 g/mol. The van der Waals surface area contributed by atoms with Gasteiger partial charge in [0.25, 0.3) is 0 Å². The zero-order chi connectivity index (χ0) is 21.1. The minimum absolute atomic E-state index is 0.903. The number of rotatable bonds is 2. The Labute approximate surface area is 188 Å². The number of hydrogen-bond acceptors (Lipinski definition) is 3. The number of fused-ring (bicyclic) bond motifs is 7. The average Bonchev–Trinajstić information content (AvgIpc) is 3.40. The highest BCUT2D eigenvalue weighted by molar-refractivity contribution is 7.26. The molecule has 3 aromatic carbocycles. The molecule has 0 atom stereocenters. The summed E-state index contributed by atoms with van der Waals surface area (Å²) in [5.74, 6) is 0.903. The second kappa shape index (κ2) is 6.74. The molecule has 3 nitrogen and oxygen atoms in total. The van der Waals surface area contributed by atoms with Gasteiger partial charge in [-0.15, -0.1) is 11.3 Å². The standard InChI is InChI=1S/C28H17N3S/c1-2-7-18(8-3-1)19-14-16-29-25(17-19)31-22-13-12-21-20-9-4-5-11-24(20)32-28(21)26(22)27-23(31)10-6-15-30-27/h1-17H. The molecule has 7 aromatic rings. The third kappa shape index (κ3) is 2.47. The minimum Gasteiger partial charge on any atom is -0.292 e. The lowest BCUT2D eigenvalue weighted by Crippen LogP contribution is -1.97. The van der Waals surface area contributed by atoms with E-state index >= 15 is 0 Å². The van der Waals surface area contributed by atoms with Crippen molar-refractivity contribution in [1.29, 1.82) is 0 Å². The van der Waals surface area contributed by atoms with Gasteiger partial charge < -0.3 is 0 Å². The number of thiophene rings is 1. The first kappa shape index (κ1) is 17.6. The van der Waals surface area contributed by atoms with Crippen LogP contribution in [0.25, 0.3) is 59.1 Å². The van der Waals surface area contributed by atoms with E-state index < -0.39 is 0 Å². The van der Waals surface area contributed by atoms with Crippen LogP contribution in [0.2, 0.25) is 0 Å². The predicted molar refractivity (Wildman–Crippen MR) is 135 cm³/mol. The molecule has 32 heavy (non-hydrogen) atoms. The maximum atomic E-state index is 4.81. The van der Waals surface area contributed by atoms with Crippen molar-refractivity contribution in [3.8, 4) is 16.9 Å². The second-order valence-electron chi connectivity index (χ2n) is 7.91. The van der Waals surface area contributed by atoms with Crippen LogP contribution < -0.4 is 0 Å². The van der Waals surface area contributed by atoms with E-state index in [1.807, 2.05) is 35.9 Å². The predicted octanol–water partition coefficient (Wildman–Crippen LogP) is 7.61. The summed E-state index contributed by atoms with van der Waals surface area (Å²) in [5, 5.41) is 3.79. The Morgan fingerprint density at radius 2 is 1.50 bits per heavy atom. The maximum absolute atomic E-state index is 4.81. The van der Waals surface area contributed by atoms with Crippen LogP contribution in [0.5, 0.6) is 0 Å². The van der Waals surface area contributed by atoms with Crippen LogP contribution in [0.15, 0.2) is 103 Å². The number of nitrogens with zero attached hydrogens (tertiary/aromatic N) is 3. The summed E-state index contributed by atoms with van der Waals surface area (Å²) in [6.45, 7) is 0. The first-order valence-electron chi connectivity index (χ1n) is 10.6. The molecule has 7 rings (SSSR count). The number of benzene rings is 3. The van der Waals surface area contributed by atoms with Gasteiger partial charge in [0.05, 0.1) is 16.6 Å². The van der Waals surface area contributed by atoms with Crippen LogP contribution in [0.3, 0.4) is 0 Å². The van der Waals surface area contributed by atoms with Crippen LogP contribution in [-0.2, 0) is 0 Å². The third-order valence-corrected chi connectivity index (χ3v) is 7.32. The van der Waals surface area contributed by atoms with Crippen LogP contribution >= 0.6 is 11.3 Å². The van der Waals surface area contributed by atoms with Gasteiger partial charge in [-0.05, 0) is 47.5 Å². The van der Waals surface area contributed by atoms with Gasteiger partial charge in [-0.1, -0.05) is 54.6 Å².